The largest absolute Gasteiger partial charge is 0.133 e. The van der Waals surface area contributed by atoms with Crippen molar-refractivity contribution < 1.29 is 0 Å². The molecule has 1 heteroatoms. The lowest BCUT2D eigenvalue weighted by Crippen LogP contribution is -2.04. The van der Waals surface area contributed by atoms with Gasteiger partial charge in [0, 0.05) is 0 Å². The molecule has 0 nitrogen and oxygen atoms in total. The second kappa shape index (κ2) is 4.94. The van der Waals surface area contributed by atoms with Crippen LogP contribution in [0.2, 0.25) is 0 Å². The van der Waals surface area contributed by atoms with Crippen molar-refractivity contribution in [2.24, 2.45) is 0 Å². The standard InChI is InChI=1S/C13H19P/c14-10-11-6-8-13(9-7-11)12-4-2-1-3-5-12/h6-9,12H,1-5,10,14H2. The van der Waals surface area contributed by atoms with E-state index >= 15 is 0 Å². The van der Waals surface area contributed by atoms with Gasteiger partial charge in [0.25, 0.3) is 0 Å². The molecule has 1 atom stereocenters. The summed E-state index contributed by atoms with van der Waals surface area (Å²) in [5.74, 6) is 0.849. The highest BCUT2D eigenvalue weighted by Gasteiger charge is 2.14. The summed E-state index contributed by atoms with van der Waals surface area (Å²) in [5, 5.41) is 0. The van der Waals surface area contributed by atoms with Crippen LogP contribution >= 0.6 is 9.24 Å². The minimum atomic E-state index is 0.849. The van der Waals surface area contributed by atoms with Crippen LogP contribution in [0.15, 0.2) is 24.3 Å². The van der Waals surface area contributed by atoms with Crippen molar-refractivity contribution in [1.29, 1.82) is 0 Å². The van der Waals surface area contributed by atoms with Crippen LogP contribution in [0, 0.1) is 0 Å². The van der Waals surface area contributed by atoms with Crippen molar-refractivity contribution in [3.63, 3.8) is 0 Å². The van der Waals surface area contributed by atoms with Crippen molar-refractivity contribution in [3.05, 3.63) is 35.4 Å². The monoisotopic (exact) mass is 206 g/mol. The highest BCUT2D eigenvalue weighted by molar-refractivity contribution is 7.15. The van der Waals surface area contributed by atoms with Crippen LogP contribution < -0.4 is 0 Å². The summed E-state index contributed by atoms with van der Waals surface area (Å²) in [6.45, 7) is 0. The first kappa shape index (κ1) is 10.2. The molecule has 0 N–H and O–H groups in total. The molecule has 0 bridgehead atoms. The predicted octanol–water partition coefficient (Wildman–Crippen LogP) is 4.11. The fourth-order valence-corrected chi connectivity index (χ4v) is 2.63. The number of benzene rings is 1. The number of hydrogen-bond acceptors (Lipinski definition) is 0. The van der Waals surface area contributed by atoms with Crippen molar-refractivity contribution in [1.82, 2.24) is 0 Å². The van der Waals surface area contributed by atoms with Crippen LogP contribution in [0.4, 0.5) is 0 Å². The van der Waals surface area contributed by atoms with E-state index in [1.165, 1.54) is 37.7 Å². The molecule has 1 aliphatic rings. The SMILES string of the molecule is PCc1ccc(C2CCCCC2)cc1. The smallest absolute Gasteiger partial charge is 0.0128 e. The van der Waals surface area contributed by atoms with Gasteiger partial charge in [0.15, 0.2) is 0 Å². The zero-order valence-electron chi connectivity index (χ0n) is 8.71. The van der Waals surface area contributed by atoms with Gasteiger partial charge in [-0.05, 0) is 36.0 Å². The first-order valence-corrected chi connectivity index (χ1v) is 6.50. The average Bonchev–Trinajstić information content (AvgIpc) is 2.30. The van der Waals surface area contributed by atoms with Gasteiger partial charge in [0.2, 0.25) is 0 Å². The summed E-state index contributed by atoms with van der Waals surface area (Å²) >= 11 is 0. The average molecular weight is 206 g/mol. The van der Waals surface area contributed by atoms with E-state index in [0.29, 0.717) is 0 Å². The minimum absolute atomic E-state index is 0.849. The normalized spacial score (nSPS) is 18.4. The molecule has 0 heterocycles. The van der Waals surface area contributed by atoms with Crippen LogP contribution in [-0.2, 0) is 6.16 Å². The minimum Gasteiger partial charge on any atom is -0.133 e. The van der Waals surface area contributed by atoms with Crippen molar-refractivity contribution in [3.8, 4) is 0 Å². The van der Waals surface area contributed by atoms with Crippen molar-refractivity contribution >= 4 is 9.24 Å². The summed E-state index contributed by atoms with van der Waals surface area (Å²) in [6.07, 6.45) is 8.18. The Bertz CT molecular complexity index is 270. The zero-order chi connectivity index (χ0) is 9.80. The van der Waals surface area contributed by atoms with Gasteiger partial charge < -0.3 is 0 Å². The Labute approximate surface area is 89.3 Å². The Balaban J connectivity index is 2.07. The lowest BCUT2D eigenvalue weighted by molar-refractivity contribution is 0.443. The molecule has 2 rings (SSSR count). The summed E-state index contributed by atoms with van der Waals surface area (Å²) in [4.78, 5) is 0. The summed E-state index contributed by atoms with van der Waals surface area (Å²) < 4.78 is 0. The Morgan fingerprint density at radius 1 is 1.00 bits per heavy atom. The molecule has 1 aliphatic carbocycles. The Morgan fingerprint density at radius 2 is 1.64 bits per heavy atom. The third-order valence-corrected chi connectivity index (χ3v) is 3.76. The predicted molar refractivity (Wildman–Crippen MR) is 65.7 cm³/mol. The van der Waals surface area contributed by atoms with Gasteiger partial charge in [-0.2, -0.15) is 0 Å². The maximum atomic E-state index is 2.78. The molecule has 1 aromatic rings. The molecule has 0 aromatic heterocycles. The van der Waals surface area contributed by atoms with E-state index in [0.717, 1.165) is 12.1 Å². The highest BCUT2D eigenvalue weighted by Crippen LogP contribution is 2.32. The lowest BCUT2D eigenvalue weighted by atomic mass is 9.84. The van der Waals surface area contributed by atoms with E-state index < -0.39 is 0 Å². The summed E-state index contributed by atoms with van der Waals surface area (Å²) in [5.41, 5.74) is 2.99. The quantitative estimate of drug-likeness (QED) is 0.639. The molecule has 76 valence electrons. The van der Waals surface area contributed by atoms with Crippen LogP contribution in [0.5, 0.6) is 0 Å². The van der Waals surface area contributed by atoms with E-state index in [2.05, 4.69) is 33.5 Å². The summed E-state index contributed by atoms with van der Waals surface area (Å²) in [7, 11) is 2.78. The number of hydrogen-bond donors (Lipinski definition) is 0. The van der Waals surface area contributed by atoms with Crippen LogP contribution in [-0.4, -0.2) is 0 Å². The van der Waals surface area contributed by atoms with Gasteiger partial charge in [-0.15, -0.1) is 9.24 Å². The molecule has 14 heavy (non-hydrogen) atoms. The van der Waals surface area contributed by atoms with Gasteiger partial charge in [-0.3, -0.25) is 0 Å². The fourth-order valence-electron chi connectivity index (χ4n) is 2.36. The molecule has 0 amide bonds. The molecule has 0 radical (unpaired) electrons. The van der Waals surface area contributed by atoms with E-state index in [1.807, 2.05) is 0 Å². The topological polar surface area (TPSA) is 0 Å². The van der Waals surface area contributed by atoms with Crippen molar-refractivity contribution in [2.75, 3.05) is 0 Å². The highest BCUT2D eigenvalue weighted by atomic mass is 31.0. The molecule has 1 saturated carbocycles. The maximum absolute atomic E-state index is 2.78. The van der Waals surface area contributed by atoms with E-state index in [4.69, 9.17) is 0 Å². The maximum Gasteiger partial charge on any atom is -0.0128 e. The van der Waals surface area contributed by atoms with Crippen LogP contribution in [0.1, 0.15) is 49.1 Å². The van der Waals surface area contributed by atoms with Crippen LogP contribution in [0.3, 0.4) is 0 Å². The molecule has 1 fully saturated rings. The van der Waals surface area contributed by atoms with E-state index in [-0.39, 0.29) is 0 Å². The second-order valence-corrected chi connectivity index (χ2v) is 4.69. The van der Waals surface area contributed by atoms with Crippen LogP contribution in [0.25, 0.3) is 0 Å². The number of rotatable bonds is 2. The van der Waals surface area contributed by atoms with E-state index in [1.54, 1.807) is 5.56 Å². The molecule has 1 unspecified atom stereocenters. The van der Waals surface area contributed by atoms with Crippen molar-refractivity contribution in [2.45, 2.75) is 44.2 Å². The second-order valence-electron chi connectivity index (χ2n) is 4.28. The molecule has 0 saturated heterocycles. The lowest BCUT2D eigenvalue weighted by Gasteiger charge is -2.22. The van der Waals surface area contributed by atoms with Gasteiger partial charge in [0.05, 0.1) is 0 Å². The molecular weight excluding hydrogens is 187 g/mol. The Kier molecular flexibility index (Phi) is 3.59. The first-order chi connectivity index (χ1) is 6.90. The molecular formula is C13H19P. The molecule has 1 aromatic carbocycles. The third kappa shape index (κ3) is 2.36. The van der Waals surface area contributed by atoms with Gasteiger partial charge in [-0.25, -0.2) is 0 Å². The molecule has 0 aliphatic heterocycles. The van der Waals surface area contributed by atoms with Gasteiger partial charge in [-0.1, -0.05) is 43.5 Å². The Hall–Kier alpha value is -0.350. The fraction of sp³-hybridized carbons (Fsp3) is 0.538. The van der Waals surface area contributed by atoms with E-state index in [9.17, 15) is 0 Å². The van der Waals surface area contributed by atoms with Gasteiger partial charge >= 0.3 is 0 Å². The zero-order valence-corrected chi connectivity index (χ0v) is 9.86. The van der Waals surface area contributed by atoms with Gasteiger partial charge in [0.1, 0.15) is 0 Å². The molecule has 0 spiro atoms. The Morgan fingerprint density at radius 3 is 2.21 bits per heavy atom. The summed E-state index contributed by atoms with van der Waals surface area (Å²) in [6, 6.07) is 9.21. The first-order valence-electron chi connectivity index (χ1n) is 5.69. The third-order valence-electron chi connectivity index (χ3n) is 3.29.